The molecular formula is C12H15N5O2. The SMILES string of the molecule is NC(=O)c1cnn2ccc(N3CCC[C@H](O)C3)nc12. The van der Waals surface area contributed by atoms with Crippen LogP contribution < -0.4 is 10.6 Å². The minimum absolute atomic E-state index is 0.305. The molecule has 0 aromatic carbocycles. The van der Waals surface area contributed by atoms with Crippen molar-refractivity contribution in [3.05, 3.63) is 24.0 Å². The fourth-order valence-corrected chi connectivity index (χ4v) is 2.37. The molecule has 0 spiro atoms. The Bertz CT molecular complexity index is 624. The molecule has 7 heteroatoms. The standard InChI is InChI=1S/C12H15N5O2/c13-11(19)9-6-14-17-5-3-10(15-12(9)17)16-4-1-2-8(18)7-16/h3,5-6,8,18H,1-2,4,7H2,(H2,13,19)/t8-/m0/s1. The molecule has 0 radical (unpaired) electrons. The van der Waals surface area contributed by atoms with Crippen LogP contribution in [0.2, 0.25) is 0 Å². The van der Waals surface area contributed by atoms with E-state index in [1.165, 1.54) is 10.7 Å². The fourth-order valence-electron chi connectivity index (χ4n) is 2.37. The number of amides is 1. The van der Waals surface area contributed by atoms with Crippen LogP contribution >= 0.6 is 0 Å². The van der Waals surface area contributed by atoms with Gasteiger partial charge in [-0.15, -0.1) is 0 Å². The Morgan fingerprint density at radius 3 is 3.11 bits per heavy atom. The monoisotopic (exact) mass is 261 g/mol. The van der Waals surface area contributed by atoms with Crippen LogP contribution in [0.4, 0.5) is 5.82 Å². The first-order valence-corrected chi connectivity index (χ1v) is 6.22. The molecule has 1 atom stereocenters. The van der Waals surface area contributed by atoms with Crippen molar-refractivity contribution in [1.82, 2.24) is 14.6 Å². The van der Waals surface area contributed by atoms with E-state index < -0.39 is 5.91 Å². The number of β-amino-alcohol motifs (C(OH)–C–C–N with tert-alkyl or cyclic N) is 1. The Labute approximate surface area is 109 Å². The summed E-state index contributed by atoms with van der Waals surface area (Å²) < 4.78 is 1.52. The van der Waals surface area contributed by atoms with E-state index in [0.717, 1.165) is 25.2 Å². The van der Waals surface area contributed by atoms with Gasteiger partial charge in [0.05, 0.1) is 12.3 Å². The predicted octanol–water partition coefficient (Wildman–Crippen LogP) is -0.211. The molecule has 0 bridgehead atoms. The van der Waals surface area contributed by atoms with Crippen molar-refractivity contribution in [3.8, 4) is 0 Å². The lowest BCUT2D eigenvalue weighted by atomic mass is 10.1. The second-order valence-electron chi connectivity index (χ2n) is 4.72. The Kier molecular flexibility index (Phi) is 2.83. The zero-order valence-corrected chi connectivity index (χ0v) is 10.4. The number of primary amides is 1. The number of hydrogen-bond acceptors (Lipinski definition) is 5. The van der Waals surface area contributed by atoms with Crippen molar-refractivity contribution in [3.63, 3.8) is 0 Å². The van der Waals surface area contributed by atoms with Crippen molar-refractivity contribution < 1.29 is 9.90 Å². The van der Waals surface area contributed by atoms with Crippen molar-refractivity contribution >= 4 is 17.4 Å². The molecule has 3 heterocycles. The van der Waals surface area contributed by atoms with E-state index in [4.69, 9.17) is 5.73 Å². The van der Waals surface area contributed by atoms with Crippen molar-refractivity contribution in [1.29, 1.82) is 0 Å². The third-order valence-corrected chi connectivity index (χ3v) is 3.34. The van der Waals surface area contributed by atoms with E-state index in [9.17, 15) is 9.90 Å². The second kappa shape index (κ2) is 4.51. The number of hydrogen-bond donors (Lipinski definition) is 2. The van der Waals surface area contributed by atoms with Gasteiger partial charge in [-0.3, -0.25) is 4.79 Å². The smallest absolute Gasteiger partial charge is 0.254 e. The molecule has 2 aromatic rings. The summed E-state index contributed by atoms with van der Waals surface area (Å²) in [5.41, 5.74) is 6.04. The van der Waals surface area contributed by atoms with E-state index in [-0.39, 0.29) is 6.10 Å². The molecule has 1 aliphatic heterocycles. The molecule has 0 saturated carbocycles. The largest absolute Gasteiger partial charge is 0.391 e. The van der Waals surface area contributed by atoms with Gasteiger partial charge in [-0.1, -0.05) is 0 Å². The Morgan fingerprint density at radius 1 is 1.53 bits per heavy atom. The van der Waals surface area contributed by atoms with Crippen LogP contribution in [0.3, 0.4) is 0 Å². The minimum Gasteiger partial charge on any atom is -0.391 e. The van der Waals surface area contributed by atoms with Gasteiger partial charge in [-0.2, -0.15) is 5.10 Å². The molecule has 1 amide bonds. The summed E-state index contributed by atoms with van der Waals surface area (Å²) in [6.45, 7) is 1.41. The highest BCUT2D eigenvalue weighted by Gasteiger charge is 2.20. The summed E-state index contributed by atoms with van der Waals surface area (Å²) in [6, 6.07) is 1.82. The first-order chi connectivity index (χ1) is 9.15. The van der Waals surface area contributed by atoms with Gasteiger partial charge in [0.25, 0.3) is 5.91 Å². The molecule has 1 aliphatic rings. The van der Waals surface area contributed by atoms with Crippen LogP contribution in [0.5, 0.6) is 0 Å². The van der Waals surface area contributed by atoms with Crippen molar-refractivity contribution in [2.75, 3.05) is 18.0 Å². The molecule has 0 unspecified atom stereocenters. The number of carbonyl (C=O) groups excluding carboxylic acids is 1. The lowest BCUT2D eigenvalue weighted by Crippen LogP contribution is -2.38. The summed E-state index contributed by atoms with van der Waals surface area (Å²) in [5, 5.41) is 13.7. The highest BCUT2D eigenvalue weighted by Crippen LogP contribution is 2.19. The van der Waals surface area contributed by atoms with Crippen molar-refractivity contribution in [2.24, 2.45) is 5.73 Å². The van der Waals surface area contributed by atoms with Gasteiger partial charge >= 0.3 is 0 Å². The van der Waals surface area contributed by atoms with E-state index in [1.807, 2.05) is 11.0 Å². The van der Waals surface area contributed by atoms with E-state index >= 15 is 0 Å². The molecule has 3 rings (SSSR count). The maximum absolute atomic E-state index is 11.3. The predicted molar refractivity (Wildman–Crippen MR) is 69.0 cm³/mol. The van der Waals surface area contributed by atoms with Gasteiger partial charge in [0, 0.05) is 19.3 Å². The fraction of sp³-hybridized carbons (Fsp3) is 0.417. The molecule has 7 nitrogen and oxygen atoms in total. The molecule has 1 fully saturated rings. The Balaban J connectivity index is 2.00. The molecule has 1 saturated heterocycles. The van der Waals surface area contributed by atoms with E-state index in [0.29, 0.717) is 17.8 Å². The maximum Gasteiger partial charge on any atom is 0.254 e. The normalized spacial score (nSPS) is 19.8. The number of aliphatic hydroxyl groups excluding tert-OH is 1. The molecule has 19 heavy (non-hydrogen) atoms. The van der Waals surface area contributed by atoms with Crippen LogP contribution in [-0.2, 0) is 0 Å². The summed E-state index contributed by atoms with van der Waals surface area (Å²) in [7, 11) is 0. The van der Waals surface area contributed by atoms with Crippen LogP contribution in [0, 0.1) is 0 Å². The van der Waals surface area contributed by atoms with Gasteiger partial charge in [-0.25, -0.2) is 9.50 Å². The van der Waals surface area contributed by atoms with Gasteiger partial charge < -0.3 is 15.7 Å². The average molecular weight is 261 g/mol. The summed E-state index contributed by atoms with van der Waals surface area (Å²) >= 11 is 0. The highest BCUT2D eigenvalue weighted by atomic mass is 16.3. The second-order valence-corrected chi connectivity index (χ2v) is 4.72. The number of nitrogens with zero attached hydrogens (tertiary/aromatic N) is 4. The third-order valence-electron chi connectivity index (χ3n) is 3.34. The van der Waals surface area contributed by atoms with Crippen LogP contribution in [0.1, 0.15) is 23.2 Å². The first-order valence-electron chi connectivity index (χ1n) is 6.22. The number of rotatable bonds is 2. The molecule has 0 aliphatic carbocycles. The average Bonchev–Trinajstić information content (AvgIpc) is 2.81. The summed E-state index contributed by atoms with van der Waals surface area (Å²) in [6.07, 6.45) is 4.57. The maximum atomic E-state index is 11.3. The van der Waals surface area contributed by atoms with E-state index in [2.05, 4.69) is 10.1 Å². The van der Waals surface area contributed by atoms with Crippen molar-refractivity contribution in [2.45, 2.75) is 18.9 Å². The molecule has 100 valence electrons. The Morgan fingerprint density at radius 2 is 2.37 bits per heavy atom. The molecule has 3 N–H and O–H groups in total. The quantitative estimate of drug-likeness (QED) is 0.779. The molecular weight excluding hydrogens is 246 g/mol. The lowest BCUT2D eigenvalue weighted by molar-refractivity contribution is 0.100. The van der Waals surface area contributed by atoms with Crippen LogP contribution in [-0.4, -0.2) is 44.8 Å². The first kappa shape index (κ1) is 11.9. The van der Waals surface area contributed by atoms with E-state index in [1.54, 1.807) is 6.20 Å². The number of aliphatic hydroxyl groups is 1. The molecule has 2 aromatic heterocycles. The number of nitrogens with two attached hydrogens (primary N) is 1. The minimum atomic E-state index is -0.543. The summed E-state index contributed by atoms with van der Waals surface area (Å²) in [4.78, 5) is 17.7. The number of aromatic nitrogens is 3. The number of fused-ring (bicyclic) bond motifs is 1. The van der Waals surface area contributed by atoms with Gasteiger partial charge in [0.1, 0.15) is 11.4 Å². The van der Waals surface area contributed by atoms with Gasteiger partial charge in [-0.05, 0) is 18.9 Å². The number of piperidine rings is 1. The summed E-state index contributed by atoms with van der Waals surface area (Å²) in [5.74, 6) is 0.188. The zero-order chi connectivity index (χ0) is 13.4. The topological polar surface area (TPSA) is 96.8 Å². The van der Waals surface area contributed by atoms with Crippen LogP contribution in [0.15, 0.2) is 18.5 Å². The Hall–Kier alpha value is -2.15. The third kappa shape index (κ3) is 2.12. The van der Waals surface area contributed by atoms with Gasteiger partial charge in [0.2, 0.25) is 0 Å². The highest BCUT2D eigenvalue weighted by molar-refractivity contribution is 5.98. The number of carbonyl (C=O) groups is 1. The zero-order valence-electron chi connectivity index (χ0n) is 10.4. The van der Waals surface area contributed by atoms with Crippen LogP contribution in [0.25, 0.3) is 5.65 Å². The van der Waals surface area contributed by atoms with Gasteiger partial charge in [0.15, 0.2) is 5.65 Å². The number of anilines is 1. The lowest BCUT2D eigenvalue weighted by Gasteiger charge is -2.30.